The first-order valence-electron chi connectivity index (χ1n) is 9.79. The van der Waals surface area contributed by atoms with Crippen molar-refractivity contribution in [2.45, 2.75) is 66.2 Å². The van der Waals surface area contributed by atoms with Crippen molar-refractivity contribution in [1.82, 2.24) is 0 Å². The van der Waals surface area contributed by atoms with Gasteiger partial charge >= 0.3 is 0 Å². The molecule has 0 fully saturated rings. The van der Waals surface area contributed by atoms with Crippen LogP contribution in [0.5, 0.6) is 0 Å². The molecule has 0 aromatic rings. The third-order valence-electron chi connectivity index (χ3n) is 7.46. The molecule has 0 radical (unpaired) electrons. The third kappa shape index (κ3) is 2.32. The normalized spacial score (nSPS) is 36.7. The summed E-state index contributed by atoms with van der Waals surface area (Å²) in [5.74, 6) is 3.09. The monoisotopic (exact) mass is 308 g/mol. The number of allylic oxidation sites excluding steroid dienone is 8. The van der Waals surface area contributed by atoms with Gasteiger partial charge in [0.15, 0.2) is 0 Å². The Morgan fingerprint density at radius 3 is 1.65 bits per heavy atom. The second-order valence-electron chi connectivity index (χ2n) is 9.04. The Labute approximate surface area is 142 Å². The Kier molecular flexibility index (Phi) is 3.70. The molecule has 0 spiro atoms. The van der Waals surface area contributed by atoms with E-state index in [4.69, 9.17) is 0 Å². The second-order valence-corrected chi connectivity index (χ2v) is 9.04. The van der Waals surface area contributed by atoms with Gasteiger partial charge in [0.05, 0.1) is 0 Å². The molecule has 4 atom stereocenters. The van der Waals surface area contributed by atoms with Crippen LogP contribution in [0.2, 0.25) is 0 Å². The van der Waals surface area contributed by atoms with Gasteiger partial charge in [0, 0.05) is 0 Å². The zero-order chi connectivity index (χ0) is 16.2. The Bertz CT molecular complexity index is 568. The Balaban J connectivity index is 1.67. The minimum Gasteiger partial charge on any atom is -0.0837 e. The highest BCUT2D eigenvalue weighted by molar-refractivity contribution is 5.42. The van der Waals surface area contributed by atoms with Crippen molar-refractivity contribution in [3.8, 4) is 0 Å². The Hall–Kier alpha value is -1.04. The molecule has 4 rings (SSSR count). The summed E-state index contributed by atoms with van der Waals surface area (Å²) in [4.78, 5) is 0. The van der Waals surface area contributed by atoms with Crippen LogP contribution >= 0.6 is 0 Å². The molecule has 4 aliphatic carbocycles. The quantitative estimate of drug-likeness (QED) is 0.538. The summed E-state index contributed by atoms with van der Waals surface area (Å²) in [6, 6.07) is 0. The van der Waals surface area contributed by atoms with E-state index in [9.17, 15) is 0 Å². The average molecular weight is 309 g/mol. The van der Waals surface area contributed by atoms with Crippen molar-refractivity contribution in [1.29, 1.82) is 0 Å². The summed E-state index contributed by atoms with van der Waals surface area (Å²) < 4.78 is 0. The van der Waals surface area contributed by atoms with Crippen molar-refractivity contribution in [2.24, 2.45) is 29.1 Å². The zero-order valence-electron chi connectivity index (χ0n) is 15.4. The van der Waals surface area contributed by atoms with Gasteiger partial charge in [-0.3, -0.25) is 0 Å². The van der Waals surface area contributed by atoms with Gasteiger partial charge in [0.1, 0.15) is 0 Å². The number of rotatable bonds is 2. The zero-order valence-corrected chi connectivity index (χ0v) is 15.4. The highest BCUT2D eigenvalue weighted by Crippen LogP contribution is 2.56. The fourth-order valence-electron chi connectivity index (χ4n) is 6.03. The Morgan fingerprint density at radius 2 is 1.22 bits per heavy atom. The van der Waals surface area contributed by atoms with Crippen LogP contribution < -0.4 is 0 Å². The van der Waals surface area contributed by atoms with Gasteiger partial charge in [-0.2, -0.15) is 0 Å². The van der Waals surface area contributed by atoms with Gasteiger partial charge in [0.25, 0.3) is 0 Å². The molecule has 4 unspecified atom stereocenters. The smallest absolute Gasteiger partial charge is 0.0102 e. The maximum absolute atomic E-state index is 2.56. The lowest BCUT2D eigenvalue weighted by Gasteiger charge is -2.40. The van der Waals surface area contributed by atoms with Crippen molar-refractivity contribution < 1.29 is 0 Å². The lowest BCUT2D eigenvalue weighted by Crippen LogP contribution is -2.32. The lowest BCUT2D eigenvalue weighted by atomic mass is 9.64. The molecule has 0 bridgehead atoms. The predicted octanol–water partition coefficient (Wildman–Crippen LogP) is 6.62. The van der Waals surface area contributed by atoms with Crippen LogP contribution in [-0.2, 0) is 0 Å². The molecule has 0 saturated carbocycles. The van der Waals surface area contributed by atoms with E-state index in [0.29, 0.717) is 5.41 Å². The summed E-state index contributed by atoms with van der Waals surface area (Å²) in [6.07, 6.45) is 17.8. The topological polar surface area (TPSA) is 0 Å². The van der Waals surface area contributed by atoms with Gasteiger partial charge in [-0.1, -0.05) is 63.1 Å². The Morgan fingerprint density at radius 1 is 0.783 bits per heavy atom. The lowest BCUT2D eigenvalue weighted by molar-refractivity contribution is 0.166. The van der Waals surface area contributed by atoms with Crippen molar-refractivity contribution in [3.05, 3.63) is 46.6 Å². The second kappa shape index (κ2) is 5.50. The van der Waals surface area contributed by atoms with Crippen LogP contribution in [0.25, 0.3) is 0 Å². The van der Waals surface area contributed by atoms with Gasteiger partial charge in [-0.05, 0) is 78.8 Å². The van der Waals surface area contributed by atoms with E-state index in [2.05, 4.69) is 52.0 Å². The van der Waals surface area contributed by atoms with Gasteiger partial charge in [-0.15, -0.1) is 0 Å². The molecule has 23 heavy (non-hydrogen) atoms. The van der Waals surface area contributed by atoms with Gasteiger partial charge in [0.2, 0.25) is 0 Å². The first-order valence-corrected chi connectivity index (χ1v) is 9.79. The molecular weight excluding hydrogens is 276 g/mol. The molecular formula is C23H32. The SMILES string of the molecule is CC1CC=CC2=C1CCC2C(C)(C)C1CCC2=C1C=CCC2C. The fraction of sp³-hybridized carbons (Fsp3) is 0.652. The molecule has 0 heterocycles. The van der Waals surface area contributed by atoms with E-state index in [-0.39, 0.29) is 0 Å². The van der Waals surface area contributed by atoms with Gasteiger partial charge in [-0.25, -0.2) is 0 Å². The predicted molar refractivity (Wildman–Crippen MR) is 99.1 cm³/mol. The van der Waals surface area contributed by atoms with Crippen molar-refractivity contribution in [3.63, 3.8) is 0 Å². The first-order chi connectivity index (χ1) is 11.0. The molecule has 124 valence electrons. The maximum Gasteiger partial charge on any atom is -0.0102 e. The summed E-state index contributed by atoms with van der Waals surface area (Å²) in [5.41, 5.74) is 7.39. The summed E-state index contributed by atoms with van der Waals surface area (Å²) in [5, 5.41) is 0. The van der Waals surface area contributed by atoms with E-state index in [1.165, 1.54) is 38.5 Å². The molecule has 0 amide bonds. The van der Waals surface area contributed by atoms with Crippen LogP contribution in [0, 0.1) is 29.1 Å². The number of hydrogen-bond acceptors (Lipinski definition) is 0. The van der Waals surface area contributed by atoms with E-state index in [1.807, 2.05) is 0 Å². The molecule has 0 nitrogen and oxygen atoms in total. The van der Waals surface area contributed by atoms with E-state index in [1.54, 1.807) is 22.3 Å². The molecule has 0 aliphatic heterocycles. The molecule has 0 heteroatoms. The van der Waals surface area contributed by atoms with Crippen LogP contribution in [0.15, 0.2) is 46.6 Å². The van der Waals surface area contributed by atoms with Crippen LogP contribution in [0.4, 0.5) is 0 Å². The molecule has 0 saturated heterocycles. The highest BCUT2D eigenvalue weighted by atomic mass is 14.5. The molecule has 0 N–H and O–H groups in total. The van der Waals surface area contributed by atoms with Crippen LogP contribution in [0.3, 0.4) is 0 Å². The summed E-state index contributed by atoms with van der Waals surface area (Å²) in [7, 11) is 0. The molecule has 0 aromatic heterocycles. The minimum atomic E-state index is 0.386. The molecule has 4 aliphatic rings. The minimum absolute atomic E-state index is 0.386. The van der Waals surface area contributed by atoms with Crippen LogP contribution in [0.1, 0.15) is 66.2 Å². The van der Waals surface area contributed by atoms with Gasteiger partial charge < -0.3 is 0 Å². The van der Waals surface area contributed by atoms with E-state index >= 15 is 0 Å². The largest absolute Gasteiger partial charge is 0.0837 e. The standard InChI is InChI=1S/C23H32/c1-15-7-5-9-19-17(15)11-13-21(19)23(3,4)22-14-12-18-16(2)8-6-10-20(18)22/h5-6,9-10,15-16,21-22H,7-8,11-14H2,1-4H3. The molecule has 0 aromatic carbocycles. The first kappa shape index (κ1) is 15.5. The van der Waals surface area contributed by atoms with E-state index in [0.717, 1.165) is 23.7 Å². The third-order valence-corrected chi connectivity index (χ3v) is 7.46. The highest BCUT2D eigenvalue weighted by Gasteiger charge is 2.46. The average Bonchev–Trinajstić information content (AvgIpc) is 3.12. The maximum atomic E-state index is 2.56. The van der Waals surface area contributed by atoms with Crippen molar-refractivity contribution in [2.75, 3.05) is 0 Å². The van der Waals surface area contributed by atoms with Crippen LogP contribution in [-0.4, -0.2) is 0 Å². The summed E-state index contributed by atoms with van der Waals surface area (Å²) in [6.45, 7) is 9.98. The fourth-order valence-corrected chi connectivity index (χ4v) is 6.03. The van der Waals surface area contributed by atoms with E-state index < -0.39 is 0 Å². The summed E-state index contributed by atoms with van der Waals surface area (Å²) >= 11 is 0. The number of hydrogen-bond donors (Lipinski definition) is 0. The van der Waals surface area contributed by atoms with Crippen molar-refractivity contribution >= 4 is 0 Å².